The Bertz CT molecular complexity index is 200. The zero-order chi connectivity index (χ0) is 11.3. The first kappa shape index (κ1) is 12.3. The third-order valence-electron chi connectivity index (χ3n) is 2.53. The Hall–Kier alpha value is -0.810. The smallest absolute Gasteiger partial charge is 0.317 e. The van der Waals surface area contributed by atoms with Crippen LogP contribution in [0.25, 0.3) is 0 Å². The number of hydrogen-bond acceptors (Lipinski definition) is 3. The third-order valence-corrected chi connectivity index (χ3v) is 2.53. The zero-order valence-corrected chi connectivity index (χ0v) is 9.70. The van der Waals surface area contributed by atoms with E-state index in [2.05, 4.69) is 10.2 Å². The van der Waals surface area contributed by atoms with Crippen molar-refractivity contribution in [3.63, 3.8) is 0 Å². The highest BCUT2D eigenvalue weighted by molar-refractivity contribution is 5.74. The van der Waals surface area contributed by atoms with E-state index in [4.69, 9.17) is 5.73 Å². The number of carbonyl (C=O) groups is 1. The second-order valence-electron chi connectivity index (χ2n) is 4.10. The predicted octanol–water partition coefficient (Wildman–Crippen LogP) is -0.319. The first-order valence-corrected chi connectivity index (χ1v) is 5.64. The summed E-state index contributed by atoms with van der Waals surface area (Å²) in [6.07, 6.45) is 0. The van der Waals surface area contributed by atoms with Crippen molar-refractivity contribution in [2.24, 2.45) is 5.73 Å². The van der Waals surface area contributed by atoms with Crippen molar-refractivity contribution < 1.29 is 4.79 Å². The van der Waals surface area contributed by atoms with E-state index in [1.54, 1.807) is 0 Å². The molecular formula is C10H22N4O. The van der Waals surface area contributed by atoms with Crippen LogP contribution >= 0.6 is 0 Å². The van der Waals surface area contributed by atoms with E-state index in [-0.39, 0.29) is 12.1 Å². The maximum Gasteiger partial charge on any atom is 0.317 e. The Morgan fingerprint density at radius 3 is 2.47 bits per heavy atom. The molecule has 0 aromatic rings. The zero-order valence-electron chi connectivity index (χ0n) is 9.70. The molecule has 1 saturated heterocycles. The van der Waals surface area contributed by atoms with Gasteiger partial charge < -0.3 is 16.0 Å². The Balaban J connectivity index is 2.26. The summed E-state index contributed by atoms with van der Waals surface area (Å²) in [6.45, 7) is 9.02. The lowest BCUT2D eigenvalue weighted by Crippen LogP contribution is -2.53. The van der Waals surface area contributed by atoms with Crippen LogP contribution in [0.4, 0.5) is 4.79 Å². The van der Waals surface area contributed by atoms with Gasteiger partial charge in [0, 0.05) is 45.3 Å². The van der Waals surface area contributed by atoms with Crippen LogP contribution in [0.3, 0.4) is 0 Å². The number of urea groups is 1. The van der Waals surface area contributed by atoms with Crippen LogP contribution < -0.4 is 11.1 Å². The van der Waals surface area contributed by atoms with Gasteiger partial charge >= 0.3 is 6.03 Å². The van der Waals surface area contributed by atoms with E-state index in [1.165, 1.54) is 0 Å². The number of rotatable bonds is 3. The highest BCUT2D eigenvalue weighted by Crippen LogP contribution is 2.02. The van der Waals surface area contributed by atoms with Crippen LogP contribution in [0, 0.1) is 0 Å². The molecule has 0 radical (unpaired) electrons. The molecule has 1 aliphatic rings. The summed E-state index contributed by atoms with van der Waals surface area (Å²) in [5.74, 6) is 0. The fourth-order valence-corrected chi connectivity index (χ4v) is 1.80. The van der Waals surface area contributed by atoms with E-state index in [0.29, 0.717) is 6.54 Å². The van der Waals surface area contributed by atoms with Crippen molar-refractivity contribution in [2.45, 2.75) is 19.9 Å². The summed E-state index contributed by atoms with van der Waals surface area (Å²) in [7, 11) is 0. The Kier molecular flexibility index (Phi) is 4.84. The SMILES string of the molecule is CCNC(=O)N1CCN(CC(C)N)CC1. The minimum atomic E-state index is 0.0537. The first-order valence-electron chi connectivity index (χ1n) is 5.64. The summed E-state index contributed by atoms with van der Waals surface area (Å²) in [5, 5.41) is 2.81. The quantitative estimate of drug-likeness (QED) is 0.677. The number of nitrogens with zero attached hydrogens (tertiary/aromatic N) is 2. The van der Waals surface area contributed by atoms with Crippen LogP contribution in [-0.2, 0) is 0 Å². The molecule has 1 unspecified atom stereocenters. The average Bonchev–Trinajstić information content (AvgIpc) is 2.18. The fourth-order valence-electron chi connectivity index (χ4n) is 1.80. The monoisotopic (exact) mass is 214 g/mol. The normalized spacial score (nSPS) is 20.1. The molecule has 5 nitrogen and oxygen atoms in total. The molecule has 1 fully saturated rings. The van der Waals surface area contributed by atoms with Crippen molar-refractivity contribution in [3.05, 3.63) is 0 Å². The maximum absolute atomic E-state index is 11.5. The number of hydrogen-bond donors (Lipinski definition) is 2. The van der Waals surface area contributed by atoms with Gasteiger partial charge in [0.25, 0.3) is 0 Å². The number of nitrogens with one attached hydrogen (secondary N) is 1. The van der Waals surface area contributed by atoms with Crippen molar-refractivity contribution >= 4 is 6.03 Å². The van der Waals surface area contributed by atoms with Crippen molar-refractivity contribution in [3.8, 4) is 0 Å². The topological polar surface area (TPSA) is 61.6 Å². The molecule has 0 bridgehead atoms. The van der Waals surface area contributed by atoms with Crippen LogP contribution in [-0.4, -0.2) is 61.1 Å². The first-order chi connectivity index (χ1) is 7.13. The number of amides is 2. The Morgan fingerprint density at radius 1 is 1.40 bits per heavy atom. The summed E-state index contributed by atoms with van der Waals surface area (Å²) in [4.78, 5) is 15.7. The standard InChI is InChI=1S/C10H22N4O/c1-3-12-10(15)14-6-4-13(5-7-14)8-9(2)11/h9H,3-8,11H2,1-2H3,(H,12,15). The second kappa shape index (κ2) is 5.92. The molecule has 3 N–H and O–H groups in total. The molecule has 1 heterocycles. The fraction of sp³-hybridized carbons (Fsp3) is 0.900. The van der Waals surface area contributed by atoms with Gasteiger partial charge in [0.1, 0.15) is 0 Å². The molecule has 1 rings (SSSR count). The number of nitrogens with two attached hydrogens (primary N) is 1. The van der Waals surface area contributed by atoms with Crippen LogP contribution in [0.2, 0.25) is 0 Å². The lowest BCUT2D eigenvalue weighted by molar-refractivity contribution is 0.136. The lowest BCUT2D eigenvalue weighted by Gasteiger charge is -2.35. The molecule has 5 heteroatoms. The van der Waals surface area contributed by atoms with E-state index >= 15 is 0 Å². The molecule has 2 amide bonds. The summed E-state index contributed by atoms with van der Waals surface area (Å²) in [6, 6.07) is 0.263. The number of carbonyl (C=O) groups excluding carboxylic acids is 1. The van der Waals surface area contributed by atoms with Crippen molar-refractivity contribution in [1.29, 1.82) is 0 Å². The summed E-state index contributed by atoms with van der Waals surface area (Å²) >= 11 is 0. The van der Waals surface area contributed by atoms with E-state index in [0.717, 1.165) is 32.7 Å². The lowest BCUT2D eigenvalue weighted by atomic mass is 10.2. The largest absolute Gasteiger partial charge is 0.338 e. The molecule has 0 aromatic heterocycles. The van der Waals surface area contributed by atoms with Crippen molar-refractivity contribution in [1.82, 2.24) is 15.1 Å². The van der Waals surface area contributed by atoms with Gasteiger partial charge in [-0.3, -0.25) is 4.90 Å². The van der Waals surface area contributed by atoms with Gasteiger partial charge in [0.05, 0.1) is 0 Å². The minimum absolute atomic E-state index is 0.0537. The molecule has 1 aliphatic heterocycles. The van der Waals surface area contributed by atoms with E-state index < -0.39 is 0 Å². The molecule has 15 heavy (non-hydrogen) atoms. The number of piperazine rings is 1. The highest BCUT2D eigenvalue weighted by Gasteiger charge is 2.20. The molecule has 1 atom stereocenters. The molecule has 0 aromatic carbocycles. The van der Waals surface area contributed by atoms with Gasteiger partial charge in [0.2, 0.25) is 0 Å². The van der Waals surface area contributed by atoms with Gasteiger partial charge in [-0.25, -0.2) is 4.79 Å². The molecule has 0 saturated carbocycles. The predicted molar refractivity (Wildman–Crippen MR) is 60.7 cm³/mol. The van der Waals surface area contributed by atoms with Gasteiger partial charge in [-0.1, -0.05) is 0 Å². The van der Waals surface area contributed by atoms with Gasteiger partial charge in [-0.15, -0.1) is 0 Å². The Morgan fingerprint density at radius 2 is 2.00 bits per heavy atom. The molecular weight excluding hydrogens is 192 g/mol. The van der Waals surface area contributed by atoms with Crippen molar-refractivity contribution in [2.75, 3.05) is 39.3 Å². The van der Waals surface area contributed by atoms with E-state index in [9.17, 15) is 4.79 Å². The van der Waals surface area contributed by atoms with Crippen LogP contribution in [0.5, 0.6) is 0 Å². The summed E-state index contributed by atoms with van der Waals surface area (Å²) < 4.78 is 0. The molecule has 0 spiro atoms. The van der Waals surface area contributed by atoms with E-state index in [1.807, 2.05) is 18.7 Å². The van der Waals surface area contributed by atoms with Gasteiger partial charge in [-0.05, 0) is 13.8 Å². The van der Waals surface area contributed by atoms with Crippen LogP contribution in [0.1, 0.15) is 13.8 Å². The average molecular weight is 214 g/mol. The second-order valence-corrected chi connectivity index (χ2v) is 4.10. The Labute approximate surface area is 91.6 Å². The molecule has 88 valence electrons. The van der Waals surface area contributed by atoms with Crippen LogP contribution in [0.15, 0.2) is 0 Å². The third kappa shape index (κ3) is 4.05. The van der Waals surface area contributed by atoms with Gasteiger partial charge in [0.15, 0.2) is 0 Å². The highest BCUT2D eigenvalue weighted by atomic mass is 16.2. The summed E-state index contributed by atoms with van der Waals surface area (Å²) in [5.41, 5.74) is 5.73. The minimum Gasteiger partial charge on any atom is -0.338 e. The van der Waals surface area contributed by atoms with Gasteiger partial charge in [-0.2, -0.15) is 0 Å². The maximum atomic E-state index is 11.5. The molecule has 0 aliphatic carbocycles.